The highest BCUT2D eigenvalue weighted by molar-refractivity contribution is 5.85. The Hall–Kier alpha value is -2.68. The molecule has 122 valence electrons. The SMILES string of the molecule is O=C(Cc1ccccc1F)NCCCc1cccc2ccccc12. The maximum atomic E-state index is 13.5. The number of hydrogen-bond acceptors (Lipinski definition) is 1. The normalized spacial score (nSPS) is 10.7. The topological polar surface area (TPSA) is 29.1 Å². The van der Waals surface area contributed by atoms with E-state index in [0.717, 1.165) is 12.8 Å². The van der Waals surface area contributed by atoms with E-state index >= 15 is 0 Å². The molecular formula is C21H20FNO. The highest BCUT2D eigenvalue weighted by Crippen LogP contribution is 2.19. The van der Waals surface area contributed by atoms with Crippen molar-refractivity contribution >= 4 is 16.7 Å². The quantitative estimate of drug-likeness (QED) is 0.675. The van der Waals surface area contributed by atoms with Crippen molar-refractivity contribution < 1.29 is 9.18 Å². The molecule has 0 saturated heterocycles. The molecule has 1 amide bonds. The number of hydrogen-bond donors (Lipinski definition) is 1. The first-order valence-corrected chi connectivity index (χ1v) is 8.21. The molecule has 2 nitrogen and oxygen atoms in total. The summed E-state index contributed by atoms with van der Waals surface area (Å²) in [4.78, 5) is 11.9. The van der Waals surface area contributed by atoms with Crippen molar-refractivity contribution in [1.82, 2.24) is 5.32 Å². The van der Waals surface area contributed by atoms with E-state index in [1.807, 2.05) is 12.1 Å². The van der Waals surface area contributed by atoms with Gasteiger partial charge in [-0.15, -0.1) is 0 Å². The Morgan fingerprint density at radius 1 is 0.875 bits per heavy atom. The number of halogens is 1. The molecule has 24 heavy (non-hydrogen) atoms. The fourth-order valence-corrected chi connectivity index (χ4v) is 2.89. The summed E-state index contributed by atoms with van der Waals surface area (Å²) in [5.41, 5.74) is 1.72. The van der Waals surface area contributed by atoms with E-state index in [0.29, 0.717) is 12.1 Å². The maximum Gasteiger partial charge on any atom is 0.224 e. The Bertz CT molecular complexity index is 839. The zero-order valence-electron chi connectivity index (χ0n) is 13.5. The molecule has 3 aromatic carbocycles. The summed E-state index contributed by atoms with van der Waals surface area (Å²) in [6.07, 6.45) is 1.85. The van der Waals surface area contributed by atoms with E-state index in [2.05, 4.69) is 35.6 Å². The monoisotopic (exact) mass is 321 g/mol. The summed E-state index contributed by atoms with van der Waals surface area (Å²) in [7, 11) is 0. The fraction of sp³-hybridized carbons (Fsp3) is 0.190. The van der Waals surface area contributed by atoms with Gasteiger partial charge in [0.2, 0.25) is 5.91 Å². The molecule has 0 saturated carbocycles. The van der Waals surface area contributed by atoms with Crippen LogP contribution in [0.2, 0.25) is 0 Å². The predicted octanol–water partition coefficient (Wildman–Crippen LogP) is 4.27. The smallest absolute Gasteiger partial charge is 0.224 e. The molecular weight excluding hydrogens is 301 g/mol. The first-order valence-electron chi connectivity index (χ1n) is 8.21. The van der Waals surface area contributed by atoms with Crippen LogP contribution in [0.5, 0.6) is 0 Å². The summed E-state index contributed by atoms with van der Waals surface area (Å²) in [5, 5.41) is 5.37. The number of rotatable bonds is 6. The van der Waals surface area contributed by atoms with Crippen LogP contribution >= 0.6 is 0 Å². The Labute approximate surface area is 141 Å². The van der Waals surface area contributed by atoms with Gasteiger partial charge in [0.25, 0.3) is 0 Å². The summed E-state index contributed by atoms with van der Waals surface area (Å²) in [6.45, 7) is 0.594. The standard InChI is InChI=1S/C21H20FNO/c22-20-13-4-2-8-18(20)15-21(24)23-14-6-11-17-10-5-9-16-7-1-3-12-19(16)17/h1-5,7-10,12-13H,6,11,14-15H2,(H,23,24). The van der Waals surface area contributed by atoms with Crippen molar-refractivity contribution in [3.05, 3.63) is 83.7 Å². The Morgan fingerprint density at radius 3 is 2.46 bits per heavy atom. The van der Waals surface area contributed by atoms with Gasteiger partial charge in [-0.3, -0.25) is 4.79 Å². The first-order chi connectivity index (χ1) is 11.7. The highest BCUT2D eigenvalue weighted by atomic mass is 19.1. The van der Waals surface area contributed by atoms with Crippen molar-refractivity contribution in [2.24, 2.45) is 0 Å². The fourth-order valence-electron chi connectivity index (χ4n) is 2.89. The van der Waals surface area contributed by atoms with Gasteiger partial charge in [-0.05, 0) is 40.8 Å². The largest absolute Gasteiger partial charge is 0.356 e. The second kappa shape index (κ2) is 7.73. The summed E-state index contributed by atoms with van der Waals surface area (Å²) >= 11 is 0. The number of aryl methyl sites for hydroxylation is 1. The maximum absolute atomic E-state index is 13.5. The third-order valence-electron chi connectivity index (χ3n) is 4.13. The molecule has 0 spiro atoms. The lowest BCUT2D eigenvalue weighted by atomic mass is 10.0. The minimum Gasteiger partial charge on any atom is -0.356 e. The lowest BCUT2D eigenvalue weighted by Crippen LogP contribution is -2.26. The van der Waals surface area contributed by atoms with Crippen LogP contribution in [0.1, 0.15) is 17.5 Å². The molecule has 0 atom stereocenters. The van der Waals surface area contributed by atoms with Crippen molar-refractivity contribution in [3.63, 3.8) is 0 Å². The van der Waals surface area contributed by atoms with Gasteiger partial charge in [-0.2, -0.15) is 0 Å². The minimum atomic E-state index is -0.330. The number of nitrogens with one attached hydrogen (secondary N) is 1. The van der Waals surface area contributed by atoms with Crippen LogP contribution in [0.15, 0.2) is 66.7 Å². The molecule has 3 aromatic rings. The summed E-state index contributed by atoms with van der Waals surface area (Å²) in [6, 6.07) is 21.0. The van der Waals surface area contributed by atoms with Gasteiger partial charge < -0.3 is 5.32 Å². The van der Waals surface area contributed by atoms with Crippen molar-refractivity contribution in [2.45, 2.75) is 19.3 Å². The van der Waals surface area contributed by atoms with Crippen molar-refractivity contribution in [1.29, 1.82) is 0 Å². The lowest BCUT2D eigenvalue weighted by Gasteiger charge is -2.08. The number of benzene rings is 3. The van der Waals surface area contributed by atoms with E-state index in [-0.39, 0.29) is 18.1 Å². The molecule has 3 rings (SSSR count). The van der Waals surface area contributed by atoms with Crippen LogP contribution in [0.25, 0.3) is 10.8 Å². The van der Waals surface area contributed by atoms with Gasteiger partial charge in [0.15, 0.2) is 0 Å². The Kier molecular flexibility index (Phi) is 5.22. The third-order valence-corrected chi connectivity index (χ3v) is 4.13. The number of amides is 1. The molecule has 0 unspecified atom stereocenters. The van der Waals surface area contributed by atoms with Gasteiger partial charge in [-0.25, -0.2) is 4.39 Å². The molecule has 0 fully saturated rings. The summed E-state index contributed by atoms with van der Waals surface area (Å²) < 4.78 is 13.5. The van der Waals surface area contributed by atoms with Crippen molar-refractivity contribution in [3.8, 4) is 0 Å². The Balaban J connectivity index is 1.50. The molecule has 0 heterocycles. The Morgan fingerprint density at radius 2 is 1.58 bits per heavy atom. The highest BCUT2D eigenvalue weighted by Gasteiger charge is 2.07. The van der Waals surface area contributed by atoms with Gasteiger partial charge in [0.1, 0.15) is 5.82 Å². The molecule has 0 bridgehead atoms. The van der Waals surface area contributed by atoms with Crippen LogP contribution in [0.3, 0.4) is 0 Å². The zero-order chi connectivity index (χ0) is 16.8. The van der Waals surface area contributed by atoms with Crippen LogP contribution < -0.4 is 5.32 Å². The lowest BCUT2D eigenvalue weighted by molar-refractivity contribution is -0.120. The van der Waals surface area contributed by atoms with E-state index < -0.39 is 0 Å². The second-order valence-electron chi connectivity index (χ2n) is 5.86. The van der Waals surface area contributed by atoms with Gasteiger partial charge in [0, 0.05) is 6.54 Å². The van der Waals surface area contributed by atoms with E-state index in [1.165, 1.54) is 22.4 Å². The molecule has 0 aliphatic rings. The number of carbonyl (C=O) groups excluding carboxylic acids is 1. The van der Waals surface area contributed by atoms with Crippen LogP contribution in [0.4, 0.5) is 4.39 Å². The average molecular weight is 321 g/mol. The third kappa shape index (κ3) is 3.99. The molecule has 0 radical (unpaired) electrons. The molecule has 1 N–H and O–H groups in total. The minimum absolute atomic E-state index is 0.0843. The van der Waals surface area contributed by atoms with E-state index in [1.54, 1.807) is 18.2 Å². The number of carbonyl (C=O) groups is 1. The second-order valence-corrected chi connectivity index (χ2v) is 5.86. The van der Waals surface area contributed by atoms with E-state index in [4.69, 9.17) is 0 Å². The van der Waals surface area contributed by atoms with Crippen LogP contribution in [-0.2, 0) is 17.6 Å². The zero-order valence-corrected chi connectivity index (χ0v) is 13.5. The predicted molar refractivity (Wildman–Crippen MR) is 95.4 cm³/mol. The molecule has 0 aliphatic heterocycles. The molecule has 0 aliphatic carbocycles. The van der Waals surface area contributed by atoms with Crippen LogP contribution in [0, 0.1) is 5.82 Å². The number of fused-ring (bicyclic) bond motifs is 1. The van der Waals surface area contributed by atoms with Gasteiger partial charge >= 0.3 is 0 Å². The summed E-state index contributed by atoms with van der Waals surface area (Å²) in [5.74, 6) is -0.471. The van der Waals surface area contributed by atoms with Crippen LogP contribution in [-0.4, -0.2) is 12.5 Å². The molecule has 3 heteroatoms. The average Bonchev–Trinajstić information content (AvgIpc) is 2.61. The van der Waals surface area contributed by atoms with E-state index in [9.17, 15) is 9.18 Å². The van der Waals surface area contributed by atoms with Gasteiger partial charge in [0.05, 0.1) is 6.42 Å². The molecule has 0 aromatic heterocycles. The van der Waals surface area contributed by atoms with Gasteiger partial charge in [-0.1, -0.05) is 60.7 Å². The van der Waals surface area contributed by atoms with Crippen molar-refractivity contribution in [2.75, 3.05) is 6.54 Å². The first kappa shape index (κ1) is 16.2.